The van der Waals surface area contributed by atoms with Crippen LogP contribution in [0.5, 0.6) is 0 Å². The highest BCUT2D eigenvalue weighted by atomic mass is 32.2. The Morgan fingerprint density at radius 1 is 1.38 bits per heavy atom. The number of carbonyl (C=O) groups is 1. The molecule has 0 fully saturated rings. The van der Waals surface area contributed by atoms with Gasteiger partial charge in [0.2, 0.25) is 0 Å². The summed E-state index contributed by atoms with van der Waals surface area (Å²) < 4.78 is 6.80. The summed E-state index contributed by atoms with van der Waals surface area (Å²) >= 11 is 2.89. The van der Waals surface area contributed by atoms with Gasteiger partial charge in [0.05, 0.1) is 22.9 Å². The number of esters is 1. The monoisotopic (exact) mass is 390 g/mol. The number of aromatic nitrogens is 2. The third-order valence-corrected chi connectivity index (χ3v) is 6.57. The van der Waals surface area contributed by atoms with Gasteiger partial charge in [0, 0.05) is 11.7 Å². The van der Waals surface area contributed by atoms with Gasteiger partial charge in [-0.2, -0.15) is 0 Å². The largest absolute Gasteiger partial charge is 0.465 e. The number of ether oxygens (including phenoxy) is 1. The van der Waals surface area contributed by atoms with Crippen LogP contribution in [0.3, 0.4) is 0 Å². The summed E-state index contributed by atoms with van der Waals surface area (Å²) in [7, 11) is 0. The van der Waals surface area contributed by atoms with Crippen molar-refractivity contribution >= 4 is 29.5 Å². The highest BCUT2D eigenvalue weighted by molar-refractivity contribution is 8.00. The van der Waals surface area contributed by atoms with E-state index in [9.17, 15) is 9.59 Å². The molecule has 0 saturated heterocycles. The average molecular weight is 391 g/mol. The van der Waals surface area contributed by atoms with Gasteiger partial charge in [-0.1, -0.05) is 43.8 Å². The molecular formula is C19H22N2O3S2. The number of fused-ring (bicyclic) bond motifs is 1. The third-order valence-electron chi connectivity index (χ3n) is 4.06. The number of nitrogens with zero attached hydrogens (tertiary/aromatic N) is 2. The minimum absolute atomic E-state index is 0.0586. The number of hydrogen-bond donors (Lipinski definition) is 0. The second-order valence-electron chi connectivity index (χ2n) is 6.05. The SMILES string of the molecule is CCOC(=O)[C@H](CC)Sc1nc2c(c(=O)n1-c1ccccc1)S[C@@H](C)C2. The van der Waals surface area contributed by atoms with E-state index in [1.807, 2.05) is 37.3 Å². The number of para-hydroxylation sites is 1. The molecule has 0 spiro atoms. The fraction of sp³-hybridized carbons (Fsp3) is 0.421. The average Bonchev–Trinajstić information content (AvgIpc) is 3.01. The van der Waals surface area contributed by atoms with Gasteiger partial charge in [0.15, 0.2) is 5.16 Å². The molecule has 1 aromatic heterocycles. The first-order valence-electron chi connectivity index (χ1n) is 8.76. The zero-order valence-corrected chi connectivity index (χ0v) is 16.7. The summed E-state index contributed by atoms with van der Waals surface area (Å²) in [5.74, 6) is -0.267. The molecule has 0 amide bonds. The van der Waals surface area contributed by atoms with Crippen LogP contribution < -0.4 is 5.56 Å². The Balaban J connectivity index is 2.09. The van der Waals surface area contributed by atoms with Gasteiger partial charge >= 0.3 is 5.97 Å². The topological polar surface area (TPSA) is 61.2 Å². The lowest BCUT2D eigenvalue weighted by Crippen LogP contribution is -2.26. The summed E-state index contributed by atoms with van der Waals surface area (Å²) in [6.45, 7) is 6.17. The van der Waals surface area contributed by atoms with Crippen LogP contribution in [0.15, 0.2) is 45.2 Å². The van der Waals surface area contributed by atoms with E-state index in [1.165, 1.54) is 11.8 Å². The standard InChI is InChI=1S/C19H22N2O3S2/c1-4-15(18(23)24-5-2)26-19-20-14-11-12(3)25-16(14)17(22)21(19)13-9-7-6-8-10-13/h6-10,12,15H,4-5,11H2,1-3H3/t12-,15-/m0/s1. The maximum absolute atomic E-state index is 13.2. The van der Waals surface area contributed by atoms with Crippen molar-refractivity contribution in [2.75, 3.05) is 6.61 Å². The molecule has 1 aliphatic heterocycles. The van der Waals surface area contributed by atoms with Crippen molar-refractivity contribution in [1.82, 2.24) is 9.55 Å². The lowest BCUT2D eigenvalue weighted by molar-refractivity contribution is -0.142. The van der Waals surface area contributed by atoms with Crippen LogP contribution in [-0.2, 0) is 16.0 Å². The van der Waals surface area contributed by atoms with Crippen molar-refractivity contribution in [2.24, 2.45) is 0 Å². The third kappa shape index (κ3) is 3.83. The molecule has 2 atom stereocenters. The Bertz CT molecular complexity index is 852. The van der Waals surface area contributed by atoms with Crippen molar-refractivity contribution in [3.63, 3.8) is 0 Å². The maximum atomic E-state index is 13.2. The number of benzene rings is 1. The second-order valence-corrected chi connectivity index (χ2v) is 8.66. The smallest absolute Gasteiger partial charge is 0.319 e. The van der Waals surface area contributed by atoms with Crippen LogP contribution >= 0.6 is 23.5 Å². The Labute approximate surface area is 161 Å². The summed E-state index contributed by atoms with van der Waals surface area (Å²) in [5.41, 5.74) is 1.53. The number of hydrogen-bond acceptors (Lipinski definition) is 6. The summed E-state index contributed by atoms with van der Waals surface area (Å²) in [6.07, 6.45) is 1.38. The van der Waals surface area contributed by atoms with Crippen molar-refractivity contribution < 1.29 is 9.53 Å². The van der Waals surface area contributed by atoms with Crippen molar-refractivity contribution in [1.29, 1.82) is 0 Å². The molecule has 0 bridgehead atoms. The Morgan fingerprint density at radius 3 is 2.77 bits per heavy atom. The fourth-order valence-corrected chi connectivity index (χ4v) is 4.99. The summed E-state index contributed by atoms with van der Waals surface area (Å²) in [4.78, 5) is 30.9. The van der Waals surface area contributed by atoms with E-state index in [-0.39, 0.29) is 16.8 Å². The van der Waals surface area contributed by atoms with Crippen LogP contribution in [0.1, 0.15) is 32.9 Å². The van der Waals surface area contributed by atoms with Crippen LogP contribution in [-0.4, -0.2) is 32.6 Å². The van der Waals surface area contributed by atoms with Gasteiger partial charge in [0.1, 0.15) is 5.25 Å². The molecule has 5 nitrogen and oxygen atoms in total. The van der Waals surface area contributed by atoms with Crippen molar-refractivity contribution in [3.05, 3.63) is 46.4 Å². The molecular weight excluding hydrogens is 368 g/mol. The van der Waals surface area contributed by atoms with Gasteiger partial charge in [-0.15, -0.1) is 11.8 Å². The number of carbonyl (C=O) groups excluding carboxylic acids is 1. The molecule has 0 unspecified atom stereocenters. The van der Waals surface area contributed by atoms with Gasteiger partial charge in [-0.3, -0.25) is 14.2 Å². The zero-order valence-electron chi connectivity index (χ0n) is 15.1. The Hall–Kier alpha value is -1.73. The number of thioether (sulfide) groups is 2. The molecule has 0 aliphatic carbocycles. The van der Waals surface area contributed by atoms with Crippen LogP contribution in [0.4, 0.5) is 0 Å². The predicted molar refractivity (Wildman–Crippen MR) is 105 cm³/mol. The Kier molecular flexibility index (Phi) is 6.09. The molecule has 2 heterocycles. The normalized spacial score (nSPS) is 17.0. The van der Waals surface area contributed by atoms with E-state index in [4.69, 9.17) is 9.72 Å². The predicted octanol–water partition coefficient (Wildman–Crippen LogP) is 3.70. The first-order chi connectivity index (χ1) is 12.5. The lowest BCUT2D eigenvalue weighted by atomic mass is 10.2. The molecule has 0 saturated carbocycles. The number of rotatable bonds is 6. The van der Waals surface area contributed by atoms with E-state index < -0.39 is 0 Å². The quantitative estimate of drug-likeness (QED) is 0.426. The first-order valence-corrected chi connectivity index (χ1v) is 10.5. The molecule has 7 heteroatoms. The summed E-state index contributed by atoms with van der Waals surface area (Å²) in [6, 6.07) is 9.46. The van der Waals surface area contributed by atoms with E-state index in [0.29, 0.717) is 23.4 Å². The maximum Gasteiger partial charge on any atom is 0.319 e. The van der Waals surface area contributed by atoms with Crippen LogP contribution in [0.2, 0.25) is 0 Å². The van der Waals surface area contributed by atoms with E-state index in [2.05, 4.69) is 6.92 Å². The van der Waals surface area contributed by atoms with Gasteiger partial charge in [-0.25, -0.2) is 4.98 Å². The Morgan fingerprint density at radius 2 is 2.12 bits per heavy atom. The van der Waals surface area contributed by atoms with Crippen molar-refractivity contribution in [3.8, 4) is 5.69 Å². The lowest BCUT2D eigenvalue weighted by Gasteiger charge is -2.17. The molecule has 138 valence electrons. The fourth-order valence-electron chi connectivity index (χ4n) is 2.84. The molecule has 26 heavy (non-hydrogen) atoms. The van der Waals surface area contributed by atoms with Gasteiger partial charge in [-0.05, 0) is 25.5 Å². The van der Waals surface area contributed by atoms with Crippen LogP contribution in [0, 0.1) is 0 Å². The van der Waals surface area contributed by atoms with Crippen molar-refractivity contribution in [2.45, 2.75) is 54.2 Å². The minimum Gasteiger partial charge on any atom is -0.465 e. The minimum atomic E-state index is -0.388. The highest BCUT2D eigenvalue weighted by Crippen LogP contribution is 2.36. The zero-order chi connectivity index (χ0) is 18.7. The van der Waals surface area contributed by atoms with E-state index in [0.717, 1.165) is 22.7 Å². The van der Waals surface area contributed by atoms with Gasteiger partial charge < -0.3 is 4.74 Å². The molecule has 1 aromatic carbocycles. The molecule has 1 aliphatic rings. The first kappa shape index (κ1) is 19.0. The molecule has 3 rings (SSSR count). The van der Waals surface area contributed by atoms with E-state index >= 15 is 0 Å². The second kappa shape index (κ2) is 8.31. The molecule has 0 radical (unpaired) electrons. The highest BCUT2D eigenvalue weighted by Gasteiger charge is 2.29. The molecule has 0 N–H and O–H groups in total. The summed E-state index contributed by atoms with van der Waals surface area (Å²) in [5, 5.41) is 0.498. The van der Waals surface area contributed by atoms with Gasteiger partial charge in [0.25, 0.3) is 5.56 Å². The molecule has 2 aromatic rings. The van der Waals surface area contributed by atoms with Crippen LogP contribution in [0.25, 0.3) is 5.69 Å². The van der Waals surface area contributed by atoms with E-state index in [1.54, 1.807) is 23.3 Å².